The molecule has 1 heterocycles. The minimum atomic E-state index is 0.0446. The number of ether oxygens (including phenoxy) is 1. The molecule has 1 fully saturated rings. The molecule has 1 aliphatic carbocycles. The molecule has 5 nitrogen and oxygen atoms in total. The average molecular weight is 327 g/mol. The minimum Gasteiger partial charge on any atom is -0.481 e. The van der Waals surface area contributed by atoms with Crippen molar-refractivity contribution >= 4 is 16.8 Å². The Bertz CT molecular complexity index is 717. The molecule has 2 aromatic rings. The van der Waals surface area contributed by atoms with E-state index < -0.39 is 0 Å². The Balaban J connectivity index is 1.77. The summed E-state index contributed by atoms with van der Waals surface area (Å²) in [5, 5.41) is 7.45. The van der Waals surface area contributed by atoms with E-state index in [4.69, 9.17) is 4.74 Å². The van der Waals surface area contributed by atoms with Gasteiger partial charge in [-0.05, 0) is 25.0 Å². The van der Waals surface area contributed by atoms with Gasteiger partial charge in [0.05, 0.1) is 18.5 Å². The number of benzene rings is 1. The first-order valence-electron chi connectivity index (χ1n) is 8.60. The molecule has 1 aliphatic rings. The first-order valence-corrected chi connectivity index (χ1v) is 8.60. The summed E-state index contributed by atoms with van der Waals surface area (Å²) >= 11 is 0. The van der Waals surface area contributed by atoms with Gasteiger partial charge in [0.15, 0.2) is 0 Å². The number of rotatable bonds is 5. The van der Waals surface area contributed by atoms with Crippen LogP contribution in [0.2, 0.25) is 0 Å². The first kappa shape index (κ1) is 16.7. The van der Waals surface area contributed by atoms with Gasteiger partial charge in [0.2, 0.25) is 11.8 Å². The maximum Gasteiger partial charge on any atom is 0.224 e. The Morgan fingerprint density at radius 2 is 2.08 bits per heavy atom. The van der Waals surface area contributed by atoms with Crippen molar-refractivity contribution < 1.29 is 9.53 Å². The second kappa shape index (κ2) is 7.62. The van der Waals surface area contributed by atoms with E-state index in [2.05, 4.69) is 27.8 Å². The summed E-state index contributed by atoms with van der Waals surface area (Å²) in [4.78, 5) is 16.7. The quantitative estimate of drug-likeness (QED) is 0.886. The molecule has 1 amide bonds. The van der Waals surface area contributed by atoms with Gasteiger partial charge in [0.25, 0.3) is 0 Å². The number of methoxy groups -OCH3 is 1. The fraction of sp³-hybridized carbons (Fsp3) is 0.474. The summed E-state index contributed by atoms with van der Waals surface area (Å²) in [6.07, 6.45) is 4.27. The highest BCUT2D eigenvalue weighted by molar-refractivity contribution is 5.80. The summed E-state index contributed by atoms with van der Waals surface area (Å²) < 4.78 is 5.46. The first-order chi connectivity index (χ1) is 11.7. The standard InChI is InChI=1S/C19H25N3O2/c1-20-18(23)15-8-4-6-10-17(15)21-12-14-11-13-7-3-5-9-16(13)22-19(14)24-2/h3,5,7,9,11,15,17,21H,4,6,8,10,12H2,1-2H3,(H,20,23)/t15-,17-/m1/s1. The van der Waals surface area contributed by atoms with Crippen molar-refractivity contribution in [3.05, 3.63) is 35.9 Å². The summed E-state index contributed by atoms with van der Waals surface area (Å²) in [6.45, 7) is 0.652. The number of nitrogens with zero attached hydrogens (tertiary/aromatic N) is 1. The van der Waals surface area contributed by atoms with Gasteiger partial charge in [-0.15, -0.1) is 0 Å². The van der Waals surface area contributed by atoms with Crippen LogP contribution in [0.4, 0.5) is 0 Å². The molecule has 1 saturated carbocycles. The van der Waals surface area contributed by atoms with Crippen LogP contribution in [0.5, 0.6) is 5.88 Å². The van der Waals surface area contributed by atoms with Gasteiger partial charge in [-0.2, -0.15) is 0 Å². The van der Waals surface area contributed by atoms with E-state index in [1.165, 1.54) is 0 Å². The molecular weight excluding hydrogens is 302 g/mol. The van der Waals surface area contributed by atoms with Crippen LogP contribution in [-0.2, 0) is 11.3 Å². The number of pyridine rings is 1. The zero-order chi connectivity index (χ0) is 16.9. The van der Waals surface area contributed by atoms with Crippen molar-refractivity contribution in [3.8, 4) is 5.88 Å². The molecular formula is C19H25N3O2. The topological polar surface area (TPSA) is 63.2 Å². The summed E-state index contributed by atoms with van der Waals surface area (Å²) in [5.74, 6) is 0.826. The van der Waals surface area contributed by atoms with Gasteiger partial charge in [-0.1, -0.05) is 31.0 Å². The van der Waals surface area contributed by atoms with E-state index in [1.54, 1.807) is 14.2 Å². The Morgan fingerprint density at radius 1 is 1.29 bits per heavy atom. The van der Waals surface area contributed by atoms with Crippen LogP contribution in [0.1, 0.15) is 31.2 Å². The lowest BCUT2D eigenvalue weighted by molar-refractivity contribution is -0.126. The molecule has 0 spiro atoms. The lowest BCUT2D eigenvalue weighted by Crippen LogP contribution is -2.45. The lowest BCUT2D eigenvalue weighted by atomic mass is 9.83. The highest BCUT2D eigenvalue weighted by atomic mass is 16.5. The van der Waals surface area contributed by atoms with Crippen molar-refractivity contribution in [1.29, 1.82) is 0 Å². The van der Waals surface area contributed by atoms with Crippen LogP contribution in [0.15, 0.2) is 30.3 Å². The molecule has 3 rings (SSSR count). The monoisotopic (exact) mass is 327 g/mol. The van der Waals surface area contributed by atoms with E-state index in [9.17, 15) is 4.79 Å². The van der Waals surface area contributed by atoms with E-state index in [0.717, 1.165) is 42.1 Å². The van der Waals surface area contributed by atoms with E-state index in [1.807, 2.05) is 18.2 Å². The third-order valence-electron chi connectivity index (χ3n) is 4.86. The molecule has 0 saturated heterocycles. The van der Waals surface area contributed by atoms with Crippen LogP contribution >= 0.6 is 0 Å². The molecule has 2 N–H and O–H groups in total. The number of aromatic nitrogens is 1. The molecule has 0 aliphatic heterocycles. The summed E-state index contributed by atoms with van der Waals surface area (Å²) in [6, 6.07) is 10.3. The lowest BCUT2D eigenvalue weighted by Gasteiger charge is -2.31. The number of nitrogens with one attached hydrogen (secondary N) is 2. The van der Waals surface area contributed by atoms with E-state index in [-0.39, 0.29) is 17.9 Å². The Kier molecular flexibility index (Phi) is 5.30. The van der Waals surface area contributed by atoms with Crippen LogP contribution < -0.4 is 15.4 Å². The van der Waals surface area contributed by atoms with Crippen LogP contribution in [-0.4, -0.2) is 31.1 Å². The largest absolute Gasteiger partial charge is 0.481 e. The van der Waals surface area contributed by atoms with E-state index >= 15 is 0 Å². The Hall–Kier alpha value is -2.14. The molecule has 5 heteroatoms. The minimum absolute atomic E-state index is 0.0446. The van der Waals surface area contributed by atoms with Crippen molar-refractivity contribution in [2.24, 2.45) is 5.92 Å². The smallest absolute Gasteiger partial charge is 0.224 e. The predicted octanol–water partition coefficient (Wildman–Crippen LogP) is 2.64. The number of fused-ring (bicyclic) bond motifs is 1. The Morgan fingerprint density at radius 3 is 2.88 bits per heavy atom. The third-order valence-corrected chi connectivity index (χ3v) is 4.86. The van der Waals surface area contributed by atoms with Gasteiger partial charge in [0.1, 0.15) is 0 Å². The highest BCUT2D eigenvalue weighted by Gasteiger charge is 2.30. The number of hydrogen-bond donors (Lipinski definition) is 2. The average Bonchev–Trinajstić information content (AvgIpc) is 2.65. The van der Waals surface area contributed by atoms with Crippen molar-refractivity contribution in [1.82, 2.24) is 15.6 Å². The highest BCUT2D eigenvalue weighted by Crippen LogP contribution is 2.26. The molecule has 0 bridgehead atoms. The molecule has 128 valence electrons. The molecule has 24 heavy (non-hydrogen) atoms. The van der Waals surface area contributed by atoms with Gasteiger partial charge in [0, 0.05) is 30.6 Å². The zero-order valence-electron chi connectivity index (χ0n) is 14.3. The van der Waals surface area contributed by atoms with Gasteiger partial charge in [-0.3, -0.25) is 4.79 Å². The number of carbonyl (C=O) groups is 1. The van der Waals surface area contributed by atoms with Crippen molar-refractivity contribution in [2.45, 2.75) is 38.3 Å². The zero-order valence-corrected chi connectivity index (χ0v) is 14.3. The number of carbonyl (C=O) groups excluding carboxylic acids is 1. The molecule has 0 unspecified atom stereocenters. The summed E-state index contributed by atoms with van der Waals surface area (Å²) in [5.41, 5.74) is 1.96. The van der Waals surface area contributed by atoms with E-state index in [0.29, 0.717) is 12.4 Å². The fourth-order valence-electron chi connectivity index (χ4n) is 3.56. The van der Waals surface area contributed by atoms with Crippen LogP contribution in [0.25, 0.3) is 10.9 Å². The second-order valence-corrected chi connectivity index (χ2v) is 6.34. The fourth-order valence-corrected chi connectivity index (χ4v) is 3.56. The maximum absolute atomic E-state index is 12.1. The normalized spacial score (nSPS) is 20.8. The summed E-state index contributed by atoms with van der Waals surface area (Å²) in [7, 11) is 3.36. The molecule has 1 aromatic heterocycles. The second-order valence-electron chi connectivity index (χ2n) is 6.34. The Labute approximate surface area is 142 Å². The van der Waals surface area contributed by atoms with Gasteiger partial charge < -0.3 is 15.4 Å². The third kappa shape index (κ3) is 3.51. The number of hydrogen-bond acceptors (Lipinski definition) is 4. The van der Waals surface area contributed by atoms with Gasteiger partial charge in [-0.25, -0.2) is 4.98 Å². The maximum atomic E-state index is 12.1. The van der Waals surface area contributed by atoms with Crippen molar-refractivity contribution in [2.75, 3.05) is 14.2 Å². The number of para-hydroxylation sites is 1. The SMILES string of the molecule is CNC(=O)[C@@H]1CCCC[C@H]1NCc1cc2ccccc2nc1OC. The molecule has 1 aromatic carbocycles. The predicted molar refractivity (Wildman–Crippen MR) is 94.9 cm³/mol. The molecule has 2 atom stereocenters. The van der Waals surface area contributed by atoms with Gasteiger partial charge >= 0.3 is 0 Å². The van der Waals surface area contributed by atoms with Crippen LogP contribution in [0, 0.1) is 5.92 Å². The van der Waals surface area contributed by atoms with Crippen LogP contribution in [0.3, 0.4) is 0 Å². The number of amides is 1. The molecule has 0 radical (unpaired) electrons. The van der Waals surface area contributed by atoms with Crippen molar-refractivity contribution in [3.63, 3.8) is 0 Å².